The van der Waals surface area contributed by atoms with Crippen LogP contribution in [0.1, 0.15) is 18.9 Å². The second kappa shape index (κ2) is 7.62. The SMILES string of the molecule is CCCNCc1ccc(N2CC(OC)C(OC)C2)cc1. The number of nitrogens with one attached hydrogen (secondary N) is 1. The van der Waals surface area contributed by atoms with E-state index in [1.807, 2.05) is 0 Å². The molecule has 2 rings (SSSR count). The summed E-state index contributed by atoms with van der Waals surface area (Å²) in [6.45, 7) is 5.97. The van der Waals surface area contributed by atoms with E-state index in [-0.39, 0.29) is 12.2 Å². The third kappa shape index (κ3) is 3.72. The van der Waals surface area contributed by atoms with Crippen molar-refractivity contribution in [3.63, 3.8) is 0 Å². The van der Waals surface area contributed by atoms with Crippen molar-refractivity contribution < 1.29 is 9.47 Å². The number of hydrogen-bond donors (Lipinski definition) is 1. The molecule has 0 bridgehead atoms. The van der Waals surface area contributed by atoms with Gasteiger partial charge < -0.3 is 19.7 Å². The number of rotatable bonds is 7. The Morgan fingerprint density at radius 1 is 1.10 bits per heavy atom. The quantitative estimate of drug-likeness (QED) is 0.774. The molecule has 0 amide bonds. The van der Waals surface area contributed by atoms with Crippen molar-refractivity contribution in [3.05, 3.63) is 29.8 Å². The van der Waals surface area contributed by atoms with E-state index in [0.29, 0.717) is 0 Å². The van der Waals surface area contributed by atoms with E-state index in [9.17, 15) is 0 Å². The Labute approximate surface area is 122 Å². The standard InChI is InChI=1S/C16H26N2O2/c1-4-9-17-10-13-5-7-14(8-6-13)18-11-15(19-2)16(12-18)20-3/h5-8,15-17H,4,9-12H2,1-3H3. The molecule has 1 saturated heterocycles. The van der Waals surface area contributed by atoms with E-state index < -0.39 is 0 Å². The van der Waals surface area contributed by atoms with Gasteiger partial charge in [-0.3, -0.25) is 0 Å². The third-order valence-corrected chi connectivity index (χ3v) is 3.88. The zero-order valence-corrected chi connectivity index (χ0v) is 12.8. The first-order chi connectivity index (χ1) is 9.78. The minimum atomic E-state index is 0.158. The van der Waals surface area contributed by atoms with Gasteiger partial charge in [-0.25, -0.2) is 0 Å². The molecule has 112 valence electrons. The second-order valence-electron chi connectivity index (χ2n) is 5.30. The zero-order chi connectivity index (χ0) is 14.4. The predicted octanol–water partition coefficient (Wildman–Crippen LogP) is 2.04. The molecule has 1 fully saturated rings. The molecule has 4 heteroatoms. The number of methoxy groups -OCH3 is 2. The highest BCUT2D eigenvalue weighted by Gasteiger charge is 2.32. The Morgan fingerprint density at radius 2 is 1.70 bits per heavy atom. The summed E-state index contributed by atoms with van der Waals surface area (Å²) in [6, 6.07) is 8.77. The van der Waals surface area contributed by atoms with Crippen LogP contribution in [0.15, 0.2) is 24.3 Å². The van der Waals surface area contributed by atoms with Crippen LogP contribution in [0.2, 0.25) is 0 Å². The largest absolute Gasteiger partial charge is 0.377 e. The number of nitrogens with zero attached hydrogens (tertiary/aromatic N) is 1. The molecule has 2 atom stereocenters. The van der Waals surface area contributed by atoms with Gasteiger partial charge in [-0.15, -0.1) is 0 Å². The molecule has 4 nitrogen and oxygen atoms in total. The van der Waals surface area contributed by atoms with E-state index in [1.165, 1.54) is 17.7 Å². The highest BCUT2D eigenvalue weighted by molar-refractivity contribution is 5.49. The molecule has 1 aliphatic rings. The zero-order valence-electron chi connectivity index (χ0n) is 12.8. The lowest BCUT2D eigenvalue weighted by Crippen LogP contribution is -2.27. The molecule has 1 heterocycles. The first-order valence-corrected chi connectivity index (χ1v) is 7.38. The molecule has 1 aromatic rings. The molecule has 0 aromatic heterocycles. The van der Waals surface area contributed by atoms with Crippen molar-refractivity contribution in [2.75, 3.05) is 38.8 Å². The van der Waals surface area contributed by atoms with Gasteiger partial charge in [0.2, 0.25) is 0 Å². The summed E-state index contributed by atoms with van der Waals surface area (Å²) in [6.07, 6.45) is 1.49. The molecule has 1 aromatic carbocycles. The first-order valence-electron chi connectivity index (χ1n) is 7.38. The van der Waals surface area contributed by atoms with Crippen LogP contribution < -0.4 is 10.2 Å². The van der Waals surface area contributed by atoms with Crippen molar-refractivity contribution >= 4 is 5.69 Å². The molecule has 0 radical (unpaired) electrons. The fraction of sp³-hybridized carbons (Fsp3) is 0.625. The summed E-state index contributed by atoms with van der Waals surface area (Å²) in [5.41, 5.74) is 2.57. The summed E-state index contributed by atoms with van der Waals surface area (Å²) in [5.74, 6) is 0. The van der Waals surface area contributed by atoms with E-state index in [0.717, 1.165) is 26.2 Å². The highest BCUT2D eigenvalue weighted by atomic mass is 16.5. The molecule has 2 unspecified atom stereocenters. The van der Waals surface area contributed by atoms with Crippen LogP contribution in [-0.4, -0.2) is 46.1 Å². The molecule has 0 saturated carbocycles. The maximum absolute atomic E-state index is 5.48. The molecule has 20 heavy (non-hydrogen) atoms. The van der Waals surface area contributed by atoms with Gasteiger partial charge in [0.05, 0.1) is 0 Å². The third-order valence-electron chi connectivity index (χ3n) is 3.88. The average Bonchev–Trinajstić information content (AvgIpc) is 2.91. The summed E-state index contributed by atoms with van der Waals surface area (Å²) in [7, 11) is 3.51. The topological polar surface area (TPSA) is 33.7 Å². The van der Waals surface area contributed by atoms with Gasteiger partial charge in [-0.1, -0.05) is 19.1 Å². The highest BCUT2D eigenvalue weighted by Crippen LogP contribution is 2.23. The van der Waals surface area contributed by atoms with Crippen LogP contribution in [0.5, 0.6) is 0 Å². The smallest absolute Gasteiger partial charge is 0.102 e. The van der Waals surface area contributed by atoms with Gasteiger partial charge in [0.15, 0.2) is 0 Å². The van der Waals surface area contributed by atoms with Gasteiger partial charge in [0.25, 0.3) is 0 Å². The summed E-state index contributed by atoms with van der Waals surface area (Å²) >= 11 is 0. The minimum Gasteiger partial charge on any atom is -0.377 e. The lowest BCUT2D eigenvalue weighted by atomic mass is 10.2. The van der Waals surface area contributed by atoms with Crippen LogP contribution >= 0.6 is 0 Å². The van der Waals surface area contributed by atoms with Gasteiger partial charge in [0.1, 0.15) is 12.2 Å². The number of anilines is 1. The maximum Gasteiger partial charge on any atom is 0.102 e. The van der Waals surface area contributed by atoms with Gasteiger partial charge >= 0.3 is 0 Å². The molecule has 1 aliphatic heterocycles. The van der Waals surface area contributed by atoms with Gasteiger partial charge in [0, 0.05) is 39.5 Å². The fourth-order valence-electron chi connectivity index (χ4n) is 2.64. The van der Waals surface area contributed by atoms with Crippen molar-refractivity contribution in [2.45, 2.75) is 32.1 Å². The van der Waals surface area contributed by atoms with Crippen molar-refractivity contribution in [3.8, 4) is 0 Å². The monoisotopic (exact) mass is 278 g/mol. The lowest BCUT2D eigenvalue weighted by Gasteiger charge is -2.18. The Kier molecular flexibility index (Phi) is 5.83. The Balaban J connectivity index is 1.93. The Bertz CT molecular complexity index is 382. The number of ether oxygens (including phenoxy) is 2. The lowest BCUT2D eigenvalue weighted by molar-refractivity contribution is -0.00461. The van der Waals surface area contributed by atoms with Crippen LogP contribution in [0.25, 0.3) is 0 Å². The van der Waals surface area contributed by atoms with Crippen LogP contribution in [0, 0.1) is 0 Å². The van der Waals surface area contributed by atoms with Crippen LogP contribution in [0.4, 0.5) is 5.69 Å². The molecule has 0 spiro atoms. The first kappa shape index (κ1) is 15.3. The van der Waals surface area contributed by atoms with E-state index in [1.54, 1.807) is 14.2 Å². The molecular formula is C16H26N2O2. The number of benzene rings is 1. The van der Waals surface area contributed by atoms with Crippen molar-refractivity contribution in [2.24, 2.45) is 0 Å². The van der Waals surface area contributed by atoms with Crippen molar-refractivity contribution in [1.29, 1.82) is 0 Å². The van der Waals surface area contributed by atoms with E-state index in [4.69, 9.17) is 9.47 Å². The fourth-order valence-corrected chi connectivity index (χ4v) is 2.64. The Morgan fingerprint density at radius 3 is 2.20 bits per heavy atom. The summed E-state index contributed by atoms with van der Waals surface area (Å²) in [5, 5.41) is 3.42. The second-order valence-corrected chi connectivity index (χ2v) is 5.30. The average molecular weight is 278 g/mol. The van der Waals surface area contributed by atoms with Gasteiger partial charge in [-0.05, 0) is 30.7 Å². The maximum atomic E-state index is 5.48. The van der Waals surface area contributed by atoms with Crippen LogP contribution in [0.3, 0.4) is 0 Å². The minimum absolute atomic E-state index is 0.158. The van der Waals surface area contributed by atoms with Gasteiger partial charge in [-0.2, -0.15) is 0 Å². The van der Waals surface area contributed by atoms with E-state index in [2.05, 4.69) is 41.4 Å². The molecule has 1 N–H and O–H groups in total. The predicted molar refractivity (Wildman–Crippen MR) is 82.2 cm³/mol. The molecule has 0 aliphatic carbocycles. The summed E-state index contributed by atoms with van der Waals surface area (Å²) in [4.78, 5) is 2.32. The normalized spacial score (nSPS) is 22.4. The van der Waals surface area contributed by atoms with E-state index >= 15 is 0 Å². The van der Waals surface area contributed by atoms with Crippen LogP contribution in [-0.2, 0) is 16.0 Å². The summed E-state index contributed by atoms with van der Waals surface area (Å²) < 4.78 is 11.0. The Hall–Kier alpha value is -1.10. The number of hydrogen-bond acceptors (Lipinski definition) is 4. The van der Waals surface area contributed by atoms with Crippen molar-refractivity contribution in [1.82, 2.24) is 5.32 Å². The molecular weight excluding hydrogens is 252 g/mol.